The zero-order valence-electron chi connectivity index (χ0n) is 13.3. The molecule has 0 radical (unpaired) electrons. The molecule has 1 aromatic heterocycles. The number of hydrogen-bond donors (Lipinski definition) is 3. The number of anilines is 1. The molecule has 0 aromatic carbocycles. The van der Waals surface area contributed by atoms with Gasteiger partial charge in [0.1, 0.15) is 0 Å². The molecule has 1 heterocycles. The number of aliphatic carboxylic acids is 1. The van der Waals surface area contributed by atoms with Crippen LogP contribution in [0.3, 0.4) is 0 Å². The zero-order valence-corrected chi connectivity index (χ0v) is 14.2. The van der Waals surface area contributed by atoms with Crippen molar-refractivity contribution in [2.45, 2.75) is 45.1 Å². The zero-order chi connectivity index (χ0) is 17.5. The van der Waals surface area contributed by atoms with Crippen molar-refractivity contribution in [2.75, 3.05) is 12.4 Å². The number of carboxylic acids is 1. The number of carboxylic acid groups (broad SMARTS) is 1. The van der Waals surface area contributed by atoms with Crippen molar-refractivity contribution in [1.82, 2.24) is 10.3 Å². The lowest BCUT2D eigenvalue weighted by Gasteiger charge is -2.25. The molecule has 0 aliphatic rings. The molecule has 0 spiro atoms. The number of amides is 2. The number of carbonyl (C=O) groups excluding carboxylic acids is 2. The van der Waals surface area contributed by atoms with E-state index in [1.807, 2.05) is 0 Å². The van der Waals surface area contributed by atoms with Gasteiger partial charge >= 0.3 is 18.0 Å². The van der Waals surface area contributed by atoms with E-state index in [2.05, 4.69) is 20.4 Å². The molecule has 23 heavy (non-hydrogen) atoms. The summed E-state index contributed by atoms with van der Waals surface area (Å²) in [5.74, 6) is -1.22. The second-order valence-corrected chi connectivity index (χ2v) is 6.43. The van der Waals surface area contributed by atoms with Gasteiger partial charge in [0, 0.05) is 23.8 Å². The van der Waals surface area contributed by atoms with Crippen molar-refractivity contribution >= 4 is 34.4 Å². The Labute approximate surface area is 138 Å². The summed E-state index contributed by atoms with van der Waals surface area (Å²) in [5, 5.41) is 16.2. The second kappa shape index (κ2) is 8.47. The minimum atomic E-state index is -0.907. The Hall–Kier alpha value is -2.16. The van der Waals surface area contributed by atoms with Crippen molar-refractivity contribution < 1.29 is 24.2 Å². The molecule has 0 aliphatic carbocycles. The highest BCUT2D eigenvalue weighted by Crippen LogP contribution is 2.17. The number of nitrogens with zero attached hydrogens (tertiary/aromatic N) is 1. The molecule has 0 saturated carbocycles. The number of aryl methyl sites for hydroxylation is 1. The number of rotatable bonds is 8. The van der Waals surface area contributed by atoms with Crippen LogP contribution in [0, 0.1) is 0 Å². The Bertz CT molecular complexity index is 571. The second-order valence-electron chi connectivity index (χ2n) is 5.58. The topological polar surface area (TPSA) is 118 Å². The van der Waals surface area contributed by atoms with Crippen molar-refractivity contribution in [3.63, 3.8) is 0 Å². The molecule has 3 N–H and O–H groups in total. The predicted molar refractivity (Wildman–Crippen MR) is 85.6 cm³/mol. The van der Waals surface area contributed by atoms with Crippen molar-refractivity contribution in [3.8, 4) is 0 Å². The molecule has 1 aromatic rings. The quantitative estimate of drug-likeness (QED) is 0.622. The summed E-state index contributed by atoms with van der Waals surface area (Å²) in [6.45, 7) is 3.50. The van der Waals surface area contributed by atoms with Gasteiger partial charge in [0.05, 0.1) is 19.2 Å². The van der Waals surface area contributed by atoms with Gasteiger partial charge in [0.2, 0.25) is 0 Å². The number of urea groups is 1. The van der Waals surface area contributed by atoms with Crippen LogP contribution in [-0.4, -0.2) is 40.7 Å². The van der Waals surface area contributed by atoms with Gasteiger partial charge in [-0.3, -0.25) is 14.9 Å². The summed E-state index contributed by atoms with van der Waals surface area (Å²) in [4.78, 5) is 37.8. The Balaban J connectivity index is 2.46. The molecule has 0 fully saturated rings. The van der Waals surface area contributed by atoms with Gasteiger partial charge in [-0.2, -0.15) is 0 Å². The van der Waals surface area contributed by atoms with E-state index in [9.17, 15) is 14.4 Å². The lowest BCUT2D eigenvalue weighted by atomic mass is 9.99. The average molecular weight is 343 g/mol. The lowest BCUT2D eigenvalue weighted by Crippen LogP contribution is -2.45. The maximum Gasteiger partial charge on any atom is 0.321 e. The molecule has 9 heteroatoms. The Morgan fingerprint density at radius 1 is 1.35 bits per heavy atom. The van der Waals surface area contributed by atoms with E-state index >= 15 is 0 Å². The van der Waals surface area contributed by atoms with E-state index in [-0.39, 0.29) is 18.8 Å². The average Bonchev–Trinajstić information content (AvgIpc) is 2.89. The highest BCUT2D eigenvalue weighted by molar-refractivity contribution is 7.13. The number of hydrogen-bond acceptors (Lipinski definition) is 6. The highest BCUT2D eigenvalue weighted by Gasteiger charge is 2.22. The fourth-order valence-corrected chi connectivity index (χ4v) is 2.47. The van der Waals surface area contributed by atoms with Crippen molar-refractivity contribution in [1.29, 1.82) is 0 Å². The molecular weight excluding hydrogens is 322 g/mol. The SMILES string of the molecule is COC(=O)CCc1csc(NC(=O)NC(C)(C)CCC(=O)O)n1. The molecule has 0 saturated heterocycles. The van der Waals surface area contributed by atoms with Crippen LogP contribution in [-0.2, 0) is 20.7 Å². The lowest BCUT2D eigenvalue weighted by molar-refractivity contribution is -0.140. The van der Waals surface area contributed by atoms with Crippen LogP contribution in [0.1, 0.15) is 38.8 Å². The Morgan fingerprint density at radius 2 is 2.04 bits per heavy atom. The molecule has 8 nitrogen and oxygen atoms in total. The maximum absolute atomic E-state index is 11.9. The van der Waals surface area contributed by atoms with E-state index < -0.39 is 17.5 Å². The van der Waals surface area contributed by atoms with E-state index in [4.69, 9.17) is 5.11 Å². The first-order valence-electron chi connectivity index (χ1n) is 7.04. The standard InChI is InChI=1S/C14H21N3O5S/c1-14(2,7-6-10(18)19)17-12(21)16-13-15-9(8-23-13)4-5-11(20)22-3/h8H,4-7H2,1-3H3,(H,18,19)(H2,15,16,17,21). The molecule has 0 atom stereocenters. The summed E-state index contributed by atoms with van der Waals surface area (Å²) in [6, 6.07) is -0.450. The van der Waals surface area contributed by atoms with E-state index in [1.54, 1.807) is 19.2 Å². The van der Waals surface area contributed by atoms with Crippen LogP contribution in [0.5, 0.6) is 0 Å². The maximum atomic E-state index is 11.9. The van der Waals surface area contributed by atoms with Crippen LogP contribution >= 0.6 is 11.3 Å². The number of methoxy groups -OCH3 is 1. The largest absolute Gasteiger partial charge is 0.481 e. The number of nitrogens with one attached hydrogen (secondary N) is 2. The monoisotopic (exact) mass is 343 g/mol. The molecule has 128 valence electrons. The van der Waals surface area contributed by atoms with Gasteiger partial charge in [0.25, 0.3) is 0 Å². The highest BCUT2D eigenvalue weighted by atomic mass is 32.1. The summed E-state index contributed by atoms with van der Waals surface area (Å²) >= 11 is 1.25. The minimum absolute atomic E-state index is 0.0256. The van der Waals surface area contributed by atoms with E-state index in [0.717, 1.165) is 0 Å². The Kier molecular flexibility index (Phi) is 6.95. The molecule has 0 bridgehead atoms. The van der Waals surface area contributed by atoms with Crippen LogP contribution in [0.15, 0.2) is 5.38 Å². The number of carbonyl (C=O) groups is 3. The third-order valence-electron chi connectivity index (χ3n) is 3.00. The van der Waals surface area contributed by atoms with E-state index in [0.29, 0.717) is 23.7 Å². The Morgan fingerprint density at radius 3 is 2.65 bits per heavy atom. The molecule has 0 aliphatic heterocycles. The summed E-state index contributed by atoms with van der Waals surface area (Å²) < 4.78 is 4.55. The normalized spacial score (nSPS) is 10.9. The fourth-order valence-electron chi connectivity index (χ4n) is 1.73. The van der Waals surface area contributed by atoms with Gasteiger partial charge in [-0.25, -0.2) is 9.78 Å². The minimum Gasteiger partial charge on any atom is -0.481 e. The van der Waals surface area contributed by atoms with Crippen molar-refractivity contribution in [3.05, 3.63) is 11.1 Å². The molecule has 1 rings (SSSR count). The molecule has 2 amide bonds. The van der Waals surface area contributed by atoms with Gasteiger partial charge in [-0.1, -0.05) is 0 Å². The van der Waals surface area contributed by atoms with Crippen molar-refractivity contribution in [2.24, 2.45) is 0 Å². The third-order valence-corrected chi connectivity index (χ3v) is 3.81. The first kappa shape index (κ1) is 18.9. The van der Waals surface area contributed by atoms with Crippen LogP contribution < -0.4 is 10.6 Å². The van der Waals surface area contributed by atoms with Crippen LogP contribution in [0.25, 0.3) is 0 Å². The number of aromatic nitrogens is 1. The van der Waals surface area contributed by atoms with Gasteiger partial charge < -0.3 is 15.2 Å². The number of ether oxygens (including phenoxy) is 1. The van der Waals surface area contributed by atoms with Gasteiger partial charge in [0.15, 0.2) is 5.13 Å². The predicted octanol–water partition coefficient (Wildman–Crippen LogP) is 2.01. The van der Waals surface area contributed by atoms with Gasteiger partial charge in [-0.15, -0.1) is 11.3 Å². The smallest absolute Gasteiger partial charge is 0.321 e. The van der Waals surface area contributed by atoms with Crippen LogP contribution in [0.2, 0.25) is 0 Å². The molecular formula is C14H21N3O5S. The fraction of sp³-hybridized carbons (Fsp3) is 0.571. The van der Waals surface area contributed by atoms with Crippen LogP contribution in [0.4, 0.5) is 9.93 Å². The third kappa shape index (κ3) is 7.59. The summed E-state index contributed by atoms with van der Waals surface area (Å²) in [7, 11) is 1.33. The molecule has 0 unspecified atom stereocenters. The number of thiazole rings is 1. The van der Waals surface area contributed by atoms with Gasteiger partial charge in [-0.05, 0) is 20.3 Å². The van der Waals surface area contributed by atoms with E-state index in [1.165, 1.54) is 18.4 Å². The first-order chi connectivity index (χ1) is 10.7. The summed E-state index contributed by atoms with van der Waals surface area (Å²) in [6.07, 6.45) is 0.963. The summed E-state index contributed by atoms with van der Waals surface area (Å²) in [5.41, 5.74) is 0.0498. The first-order valence-corrected chi connectivity index (χ1v) is 7.92. The number of esters is 1.